The fraction of sp³-hybridized carbons (Fsp3) is 0.0926. The predicted molar refractivity (Wildman–Crippen MR) is 243 cm³/mol. The van der Waals surface area contributed by atoms with Crippen molar-refractivity contribution in [3.05, 3.63) is 216 Å². The zero-order valence-electron chi connectivity index (χ0n) is 32.9. The summed E-state index contributed by atoms with van der Waals surface area (Å²) in [6, 6.07) is 40.2. The molecule has 0 atom stereocenters. The third-order valence-corrected chi connectivity index (χ3v) is 10.9. The largest absolute Gasteiger partial charge is 0.449 e. The Bertz CT molecular complexity index is 2830. The van der Waals surface area contributed by atoms with Crippen LogP contribution in [0.2, 0.25) is 0 Å². The molecule has 6 aromatic rings. The van der Waals surface area contributed by atoms with Gasteiger partial charge in [0.2, 0.25) is 0 Å². The van der Waals surface area contributed by atoms with Crippen molar-refractivity contribution in [1.82, 2.24) is 4.57 Å². The maximum Gasteiger partial charge on any atom is 0.172 e. The maximum atomic E-state index is 6.47. The number of nitrogens with zero attached hydrogens (tertiary/aromatic N) is 2. The highest BCUT2D eigenvalue weighted by Crippen LogP contribution is 2.50. The molecule has 0 bridgehead atoms. The number of rotatable bonds is 9. The average molecular weight is 753 g/mol. The molecule has 0 amide bonds. The SMILES string of the molecule is C=C/C=C\C(=C/C)C(/C=C(\C)c1ccccc1)=NCc1cccc(-c2cccc(-n3c4c(c5cc6c(cc53)Oc3ccccc3O6)C=CCC3=C4C=CC=CC3)c2)c1. The van der Waals surface area contributed by atoms with E-state index in [0.717, 1.165) is 74.5 Å². The molecule has 0 saturated heterocycles. The van der Waals surface area contributed by atoms with Crippen molar-refractivity contribution in [2.45, 2.75) is 33.2 Å². The van der Waals surface area contributed by atoms with E-state index >= 15 is 0 Å². The lowest BCUT2D eigenvalue weighted by Crippen LogP contribution is -2.03. The van der Waals surface area contributed by atoms with Gasteiger partial charge in [-0.25, -0.2) is 0 Å². The topological polar surface area (TPSA) is 35.8 Å². The van der Waals surface area contributed by atoms with Gasteiger partial charge in [-0.05, 0) is 108 Å². The van der Waals surface area contributed by atoms with E-state index in [1.54, 1.807) is 6.08 Å². The molecule has 1 aliphatic heterocycles. The number of aromatic nitrogens is 1. The number of para-hydroxylation sites is 2. The Kier molecular flexibility index (Phi) is 10.1. The lowest BCUT2D eigenvalue weighted by molar-refractivity contribution is 0.360. The molecule has 58 heavy (non-hydrogen) atoms. The first-order valence-electron chi connectivity index (χ1n) is 19.9. The van der Waals surface area contributed by atoms with E-state index in [-0.39, 0.29) is 0 Å². The number of benzene rings is 5. The summed E-state index contributed by atoms with van der Waals surface area (Å²) in [5.74, 6) is 2.86. The van der Waals surface area contributed by atoms with E-state index in [1.807, 2.05) is 36.4 Å². The molecule has 0 fully saturated rings. The molecule has 0 saturated carbocycles. The second kappa shape index (κ2) is 16.1. The monoisotopic (exact) mass is 752 g/mol. The summed E-state index contributed by atoms with van der Waals surface area (Å²) in [5.41, 5.74) is 14.9. The zero-order valence-corrected chi connectivity index (χ0v) is 32.9. The second-order valence-electron chi connectivity index (χ2n) is 14.7. The minimum Gasteiger partial charge on any atom is -0.449 e. The van der Waals surface area contributed by atoms with Gasteiger partial charge < -0.3 is 14.0 Å². The molecule has 2 aliphatic carbocycles. The smallest absolute Gasteiger partial charge is 0.172 e. The second-order valence-corrected chi connectivity index (χ2v) is 14.7. The highest BCUT2D eigenvalue weighted by molar-refractivity contribution is 6.13. The van der Waals surface area contributed by atoms with Crippen LogP contribution < -0.4 is 9.47 Å². The lowest BCUT2D eigenvalue weighted by Gasteiger charge is -2.21. The number of fused-ring (bicyclic) bond motifs is 6. The number of ether oxygens (including phenoxy) is 2. The summed E-state index contributed by atoms with van der Waals surface area (Å²) in [4.78, 5) is 5.20. The first-order valence-corrected chi connectivity index (χ1v) is 19.9. The molecular formula is C54H44N2O2. The van der Waals surface area contributed by atoms with Crippen molar-refractivity contribution in [3.8, 4) is 39.8 Å². The van der Waals surface area contributed by atoms with Crippen LogP contribution >= 0.6 is 0 Å². The Morgan fingerprint density at radius 3 is 2.29 bits per heavy atom. The fourth-order valence-corrected chi connectivity index (χ4v) is 8.02. The predicted octanol–water partition coefficient (Wildman–Crippen LogP) is 14.6. The standard InChI is InChI=1S/C54H44N2O2/c1-4-6-19-39(5-2)48(31-37(3)40-20-9-7-10-21-40)55-36-38-18-15-24-42(32-38)43-25-16-26-44(33-43)56-49-35-53-52(57-50-29-13-14-30-51(50)58-53)34-47(49)46-28-17-23-41-22-11-8-12-27-45(41)54(46)56/h4-21,24-35H,1,22-23,36H2,2-3H3/b19-6-,37-31+,39-5+,55-48?. The zero-order chi connectivity index (χ0) is 39.4. The fourth-order valence-electron chi connectivity index (χ4n) is 8.02. The molecule has 9 rings (SSSR count). The molecule has 3 aliphatic rings. The normalized spacial score (nSPS) is 15.0. The van der Waals surface area contributed by atoms with Crippen LogP contribution in [0.3, 0.4) is 0 Å². The minimum absolute atomic E-state index is 0.538. The molecule has 0 radical (unpaired) electrons. The molecule has 4 nitrogen and oxygen atoms in total. The van der Waals surface area contributed by atoms with E-state index in [4.69, 9.17) is 14.5 Å². The Balaban J connectivity index is 1.13. The van der Waals surface area contributed by atoms with Crippen molar-refractivity contribution in [1.29, 1.82) is 0 Å². The van der Waals surface area contributed by atoms with E-state index in [2.05, 4.69) is 165 Å². The van der Waals surface area contributed by atoms with Gasteiger partial charge in [0.05, 0.1) is 23.5 Å². The Hall–Kier alpha value is -7.17. The van der Waals surface area contributed by atoms with Crippen LogP contribution in [-0.2, 0) is 6.54 Å². The molecule has 0 spiro atoms. The lowest BCUT2D eigenvalue weighted by atomic mass is 9.99. The van der Waals surface area contributed by atoms with Crippen LogP contribution in [0.25, 0.3) is 44.9 Å². The first kappa shape index (κ1) is 36.5. The molecule has 2 heterocycles. The average Bonchev–Trinajstić information content (AvgIpc) is 3.38. The van der Waals surface area contributed by atoms with Crippen LogP contribution in [0, 0.1) is 0 Å². The van der Waals surface area contributed by atoms with Crippen molar-refractivity contribution in [2.75, 3.05) is 0 Å². The van der Waals surface area contributed by atoms with E-state index in [1.165, 1.54) is 28.0 Å². The van der Waals surface area contributed by atoms with Crippen LogP contribution in [-0.4, -0.2) is 10.3 Å². The molecule has 0 unspecified atom stereocenters. The molecule has 5 aromatic carbocycles. The quantitative estimate of drug-likeness (QED) is 0.109. The summed E-state index contributed by atoms with van der Waals surface area (Å²) in [5, 5.41) is 1.12. The molecule has 1 aromatic heterocycles. The van der Waals surface area contributed by atoms with Gasteiger partial charge in [0.1, 0.15) is 0 Å². The third kappa shape index (κ3) is 7.17. The van der Waals surface area contributed by atoms with E-state index in [9.17, 15) is 0 Å². The van der Waals surface area contributed by atoms with Crippen molar-refractivity contribution in [2.24, 2.45) is 4.99 Å². The van der Waals surface area contributed by atoms with Crippen LogP contribution in [0.4, 0.5) is 0 Å². The summed E-state index contributed by atoms with van der Waals surface area (Å²) in [6.07, 6.45) is 25.3. The first-order chi connectivity index (χ1) is 28.6. The van der Waals surface area contributed by atoms with Gasteiger partial charge in [-0.1, -0.05) is 146 Å². The van der Waals surface area contributed by atoms with Crippen LogP contribution in [0.1, 0.15) is 49.1 Å². The van der Waals surface area contributed by atoms with Gasteiger partial charge in [0.25, 0.3) is 0 Å². The van der Waals surface area contributed by atoms with E-state index < -0.39 is 0 Å². The van der Waals surface area contributed by atoms with Crippen LogP contribution in [0.5, 0.6) is 23.0 Å². The van der Waals surface area contributed by atoms with Gasteiger partial charge in [0, 0.05) is 22.7 Å². The summed E-state index contributed by atoms with van der Waals surface area (Å²) >= 11 is 0. The number of hydrogen-bond donors (Lipinski definition) is 0. The van der Waals surface area contributed by atoms with E-state index in [0.29, 0.717) is 18.0 Å². The summed E-state index contributed by atoms with van der Waals surface area (Å²) in [7, 11) is 0. The van der Waals surface area contributed by atoms with Gasteiger partial charge in [-0.15, -0.1) is 0 Å². The van der Waals surface area contributed by atoms with Gasteiger partial charge in [-0.2, -0.15) is 0 Å². The maximum absolute atomic E-state index is 6.47. The Labute approximate surface area is 340 Å². The Morgan fingerprint density at radius 2 is 1.50 bits per heavy atom. The third-order valence-electron chi connectivity index (χ3n) is 10.9. The van der Waals surface area contributed by atoms with Gasteiger partial charge in [-0.3, -0.25) is 4.99 Å². The van der Waals surface area contributed by atoms with Crippen molar-refractivity contribution in [3.63, 3.8) is 0 Å². The number of aliphatic imine (C=N–C) groups is 1. The highest BCUT2D eigenvalue weighted by Gasteiger charge is 2.27. The number of allylic oxidation sites excluding steroid dienone is 14. The highest BCUT2D eigenvalue weighted by atomic mass is 16.6. The van der Waals surface area contributed by atoms with Crippen LogP contribution in [0.15, 0.2) is 199 Å². The summed E-state index contributed by atoms with van der Waals surface area (Å²) in [6.45, 7) is 8.61. The van der Waals surface area contributed by atoms with Gasteiger partial charge >= 0.3 is 0 Å². The molecule has 4 heteroatoms. The molecule has 282 valence electrons. The number of hydrogen-bond acceptors (Lipinski definition) is 3. The summed E-state index contributed by atoms with van der Waals surface area (Å²) < 4.78 is 15.3. The molecule has 0 N–H and O–H groups in total. The molecular weight excluding hydrogens is 709 g/mol. The van der Waals surface area contributed by atoms with Crippen molar-refractivity contribution < 1.29 is 9.47 Å². The van der Waals surface area contributed by atoms with Gasteiger partial charge in [0.15, 0.2) is 23.0 Å². The minimum atomic E-state index is 0.538. The van der Waals surface area contributed by atoms with Crippen molar-refractivity contribution >= 4 is 33.8 Å². The Morgan fingerprint density at radius 1 is 0.759 bits per heavy atom.